The third-order valence-corrected chi connectivity index (χ3v) is 1.70. The van der Waals surface area contributed by atoms with E-state index in [2.05, 4.69) is 0 Å². The Balaban J connectivity index is 4.60. The summed E-state index contributed by atoms with van der Waals surface area (Å²) in [6, 6.07) is 0. The van der Waals surface area contributed by atoms with E-state index in [-0.39, 0.29) is 0 Å². The number of aliphatic carboxylic acids is 1. The number of carboxylic acids is 1. The van der Waals surface area contributed by atoms with Crippen LogP contribution in [0.3, 0.4) is 0 Å². The Labute approximate surface area is 78.8 Å². The van der Waals surface area contributed by atoms with Gasteiger partial charge in [-0.3, -0.25) is 5.73 Å². The van der Waals surface area contributed by atoms with Gasteiger partial charge in [0.25, 0.3) is 0 Å². The molecular weight excluding hydrogens is 198 g/mol. The van der Waals surface area contributed by atoms with Gasteiger partial charge in [0.05, 0.1) is 6.61 Å². The minimum Gasteiger partial charge on any atom is -0.478 e. The predicted molar refractivity (Wildman–Crippen MR) is 41.9 cm³/mol. The van der Waals surface area contributed by atoms with Gasteiger partial charge in [0.1, 0.15) is 18.3 Å². The summed E-state index contributed by atoms with van der Waals surface area (Å²) in [6.45, 7) is -0.909. The topological polar surface area (TPSA) is 164 Å². The van der Waals surface area contributed by atoms with Crippen molar-refractivity contribution in [3.8, 4) is 0 Å². The van der Waals surface area contributed by atoms with Crippen LogP contribution in [0.15, 0.2) is 0 Å². The van der Waals surface area contributed by atoms with Gasteiger partial charge in [-0.2, -0.15) is 0 Å². The second-order valence-corrected chi connectivity index (χ2v) is 2.82. The number of hydrogen-bond acceptors (Lipinski definition) is 7. The van der Waals surface area contributed by atoms with Crippen LogP contribution in [-0.4, -0.2) is 67.3 Å². The number of aliphatic hydroxyl groups excluding tert-OH is 4. The Hall–Kier alpha value is -0.770. The van der Waals surface area contributed by atoms with Gasteiger partial charge >= 0.3 is 5.97 Å². The highest BCUT2D eigenvalue weighted by Crippen LogP contribution is 2.11. The van der Waals surface area contributed by atoms with Crippen LogP contribution in [-0.2, 0) is 4.79 Å². The average Bonchev–Trinajstić information content (AvgIpc) is 2.13. The van der Waals surface area contributed by atoms with E-state index >= 15 is 0 Å². The summed E-state index contributed by atoms with van der Waals surface area (Å²) in [5.74, 6) is -1.96. The third kappa shape index (κ3) is 2.61. The fourth-order valence-corrected chi connectivity index (χ4v) is 0.705. The minimum absolute atomic E-state index is 0.909. The molecule has 0 aromatic rings. The Morgan fingerprint density at radius 3 is 2.07 bits per heavy atom. The lowest BCUT2D eigenvalue weighted by Gasteiger charge is -2.29. The van der Waals surface area contributed by atoms with Crippen molar-refractivity contribution >= 4 is 5.97 Å². The molecule has 3 unspecified atom stereocenters. The molecule has 0 rings (SSSR count). The van der Waals surface area contributed by atoms with Gasteiger partial charge in [0.2, 0.25) is 5.72 Å². The SMILES string of the molecule is N[C@](O)(C(=O)O)C(O)C(O)C(O)CO. The molecule has 14 heavy (non-hydrogen) atoms. The zero-order valence-electron chi connectivity index (χ0n) is 7.11. The third-order valence-electron chi connectivity index (χ3n) is 1.70. The van der Waals surface area contributed by atoms with Gasteiger partial charge in [-0.25, -0.2) is 4.79 Å². The van der Waals surface area contributed by atoms with Crippen molar-refractivity contribution in [3.63, 3.8) is 0 Å². The Kier molecular flexibility index (Phi) is 4.39. The van der Waals surface area contributed by atoms with Gasteiger partial charge in [0, 0.05) is 0 Å². The maximum absolute atomic E-state index is 10.3. The highest BCUT2D eigenvalue weighted by Gasteiger charge is 2.45. The molecule has 8 nitrogen and oxygen atoms in total. The second-order valence-electron chi connectivity index (χ2n) is 2.82. The Bertz CT molecular complexity index is 206. The van der Waals surface area contributed by atoms with Crippen molar-refractivity contribution in [1.29, 1.82) is 0 Å². The molecule has 0 aromatic heterocycles. The molecule has 0 radical (unpaired) electrons. The van der Waals surface area contributed by atoms with Gasteiger partial charge in [-0.05, 0) is 0 Å². The molecule has 0 spiro atoms. The van der Waals surface area contributed by atoms with Gasteiger partial charge < -0.3 is 30.6 Å². The molecule has 0 fully saturated rings. The van der Waals surface area contributed by atoms with Crippen LogP contribution in [0, 0.1) is 0 Å². The second kappa shape index (κ2) is 4.64. The summed E-state index contributed by atoms with van der Waals surface area (Å²) in [6.07, 6.45) is -6.17. The first-order valence-corrected chi connectivity index (χ1v) is 3.64. The average molecular weight is 211 g/mol. The fraction of sp³-hybridized carbons (Fsp3) is 0.833. The number of nitrogens with two attached hydrogens (primary N) is 1. The minimum atomic E-state index is -3.09. The Morgan fingerprint density at radius 1 is 1.36 bits per heavy atom. The van der Waals surface area contributed by atoms with Crippen molar-refractivity contribution in [2.45, 2.75) is 24.0 Å². The molecule has 0 amide bonds. The van der Waals surface area contributed by atoms with E-state index in [9.17, 15) is 4.79 Å². The van der Waals surface area contributed by atoms with E-state index in [1.807, 2.05) is 0 Å². The van der Waals surface area contributed by atoms with E-state index in [1.165, 1.54) is 0 Å². The van der Waals surface area contributed by atoms with Crippen LogP contribution in [0.2, 0.25) is 0 Å². The number of carbonyl (C=O) groups is 1. The summed E-state index contributed by atoms with van der Waals surface area (Å²) in [5, 5.41) is 52.5. The van der Waals surface area contributed by atoms with E-state index in [1.54, 1.807) is 0 Å². The lowest BCUT2D eigenvalue weighted by atomic mass is 9.99. The lowest BCUT2D eigenvalue weighted by Crippen LogP contribution is -2.63. The van der Waals surface area contributed by atoms with Crippen molar-refractivity contribution in [2.24, 2.45) is 5.73 Å². The lowest BCUT2D eigenvalue weighted by molar-refractivity contribution is -0.189. The van der Waals surface area contributed by atoms with E-state index in [0.717, 1.165) is 0 Å². The molecule has 0 saturated heterocycles. The van der Waals surface area contributed by atoms with Crippen LogP contribution >= 0.6 is 0 Å². The normalized spacial score (nSPS) is 22.1. The first-order chi connectivity index (χ1) is 6.25. The molecule has 0 aliphatic heterocycles. The largest absolute Gasteiger partial charge is 0.478 e. The monoisotopic (exact) mass is 211 g/mol. The van der Waals surface area contributed by atoms with E-state index < -0.39 is 36.6 Å². The van der Waals surface area contributed by atoms with Crippen molar-refractivity contribution in [2.75, 3.05) is 6.61 Å². The molecule has 0 heterocycles. The molecule has 4 atom stereocenters. The molecule has 0 aliphatic carbocycles. The molecule has 0 bridgehead atoms. The molecule has 0 aliphatic rings. The molecule has 0 saturated carbocycles. The summed E-state index contributed by atoms with van der Waals surface area (Å²) >= 11 is 0. The van der Waals surface area contributed by atoms with E-state index in [0.29, 0.717) is 0 Å². The highest BCUT2D eigenvalue weighted by atomic mass is 16.4. The van der Waals surface area contributed by atoms with Crippen molar-refractivity contribution in [1.82, 2.24) is 0 Å². The number of hydrogen-bond donors (Lipinski definition) is 7. The Morgan fingerprint density at radius 2 is 1.79 bits per heavy atom. The van der Waals surface area contributed by atoms with Crippen molar-refractivity contribution in [3.05, 3.63) is 0 Å². The predicted octanol–water partition coefficient (Wildman–Crippen LogP) is -4.21. The first kappa shape index (κ1) is 13.2. The number of carboxylic acid groups (broad SMARTS) is 1. The zero-order chi connectivity index (χ0) is 11.5. The van der Waals surface area contributed by atoms with Gasteiger partial charge in [0.15, 0.2) is 0 Å². The van der Waals surface area contributed by atoms with Crippen LogP contribution in [0.5, 0.6) is 0 Å². The molecular formula is C6H13NO7. The van der Waals surface area contributed by atoms with Crippen LogP contribution in [0.25, 0.3) is 0 Å². The van der Waals surface area contributed by atoms with Crippen LogP contribution < -0.4 is 5.73 Å². The van der Waals surface area contributed by atoms with E-state index in [4.69, 9.17) is 36.4 Å². The van der Waals surface area contributed by atoms with Gasteiger partial charge in [-0.15, -0.1) is 0 Å². The first-order valence-electron chi connectivity index (χ1n) is 3.64. The molecule has 8 heteroatoms. The quantitative estimate of drug-likeness (QED) is 0.225. The van der Waals surface area contributed by atoms with Crippen molar-refractivity contribution < 1.29 is 35.4 Å². The molecule has 84 valence electrons. The summed E-state index contributed by atoms with van der Waals surface area (Å²) in [4.78, 5) is 10.3. The molecule has 8 N–H and O–H groups in total. The smallest absolute Gasteiger partial charge is 0.353 e. The molecule has 0 aromatic carbocycles. The van der Waals surface area contributed by atoms with Gasteiger partial charge in [-0.1, -0.05) is 0 Å². The zero-order valence-corrected chi connectivity index (χ0v) is 7.11. The standard InChI is InChI=1S/C6H13NO7/c7-6(14,5(12)13)4(11)3(10)2(9)1-8/h2-4,8-11,14H,1,7H2,(H,12,13)/t2?,3?,4?,6-/m1/s1. The summed E-state index contributed by atoms with van der Waals surface area (Å²) < 4.78 is 0. The van der Waals surface area contributed by atoms with Crippen LogP contribution in [0.1, 0.15) is 0 Å². The highest BCUT2D eigenvalue weighted by molar-refractivity contribution is 5.77. The summed E-state index contributed by atoms with van der Waals surface area (Å²) in [7, 11) is 0. The fourth-order valence-electron chi connectivity index (χ4n) is 0.705. The van der Waals surface area contributed by atoms with Crippen LogP contribution in [0.4, 0.5) is 0 Å². The maximum atomic E-state index is 10.3. The maximum Gasteiger partial charge on any atom is 0.353 e. The number of aliphatic hydroxyl groups is 5. The summed E-state index contributed by atoms with van der Waals surface area (Å²) in [5.41, 5.74) is 1.66. The number of rotatable bonds is 5.